The number of primary sulfonamides is 1. The van der Waals surface area contributed by atoms with Gasteiger partial charge >= 0.3 is 0 Å². The average molecular weight is 372 g/mol. The molecule has 0 radical (unpaired) electrons. The summed E-state index contributed by atoms with van der Waals surface area (Å²) in [5, 5.41) is 7.60. The summed E-state index contributed by atoms with van der Waals surface area (Å²) in [5.41, 5.74) is 0. The predicted octanol–water partition coefficient (Wildman–Crippen LogP) is 1.26. The van der Waals surface area contributed by atoms with Crippen LogP contribution in [0.15, 0.2) is 21.5 Å². The van der Waals surface area contributed by atoms with Gasteiger partial charge in [0.1, 0.15) is 4.90 Å². The fourth-order valence-corrected chi connectivity index (χ4v) is 3.05. The van der Waals surface area contributed by atoms with E-state index < -0.39 is 10.0 Å². The van der Waals surface area contributed by atoms with Crippen LogP contribution < -0.4 is 15.2 Å². The van der Waals surface area contributed by atoms with E-state index in [1.807, 2.05) is 0 Å². The third-order valence-corrected chi connectivity index (χ3v) is 3.79. The van der Waals surface area contributed by atoms with Crippen molar-refractivity contribution in [1.29, 1.82) is 0 Å². The second kappa shape index (κ2) is 6.56. The van der Waals surface area contributed by atoms with Crippen molar-refractivity contribution in [2.24, 2.45) is 5.14 Å². The number of nitrogens with two attached hydrogens (primary N) is 1. The zero-order chi connectivity index (χ0) is 14.6. The molecule has 0 fully saturated rings. The lowest BCUT2D eigenvalue weighted by Gasteiger charge is -2.12. The number of carbonyl (C=O) groups excluding carboxylic acids is 1. The van der Waals surface area contributed by atoms with Crippen molar-refractivity contribution in [3.05, 3.63) is 21.6 Å². The highest BCUT2D eigenvalue weighted by molar-refractivity contribution is 9.10. The molecule has 0 aliphatic heterocycles. The van der Waals surface area contributed by atoms with Crippen LogP contribution in [0.25, 0.3) is 0 Å². The van der Waals surface area contributed by atoms with Gasteiger partial charge < -0.3 is 10.1 Å². The normalized spacial score (nSPS) is 11.2. The summed E-state index contributed by atoms with van der Waals surface area (Å²) in [6.07, 6.45) is 0.0763. The molecule has 1 rings (SSSR count). The van der Waals surface area contributed by atoms with Crippen molar-refractivity contribution >= 4 is 43.5 Å². The molecule has 1 aromatic rings. The van der Waals surface area contributed by atoms with E-state index in [-0.39, 0.29) is 34.6 Å². The van der Waals surface area contributed by atoms with Gasteiger partial charge in [0.25, 0.3) is 0 Å². The maximum atomic E-state index is 11.5. The number of hydrogen-bond donors (Lipinski definition) is 2. The number of benzene rings is 1. The molecule has 0 saturated carbocycles. The zero-order valence-electron chi connectivity index (χ0n) is 9.94. The van der Waals surface area contributed by atoms with Crippen LogP contribution in [0.5, 0.6) is 5.75 Å². The van der Waals surface area contributed by atoms with Gasteiger partial charge in [-0.25, -0.2) is 13.6 Å². The highest BCUT2D eigenvalue weighted by Gasteiger charge is 2.19. The highest BCUT2D eigenvalue weighted by Crippen LogP contribution is 2.34. The number of amides is 1. The van der Waals surface area contributed by atoms with Gasteiger partial charge in [-0.15, -0.1) is 0 Å². The Morgan fingerprint density at radius 1 is 1.53 bits per heavy atom. The minimum Gasteiger partial charge on any atom is -0.490 e. The molecule has 0 unspecified atom stereocenters. The van der Waals surface area contributed by atoms with E-state index >= 15 is 0 Å². The molecule has 0 aliphatic rings. The van der Waals surface area contributed by atoms with Crippen LogP contribution in [0.1, 0.15) is 6.42 Å². The molecule has 9 heteroatoms. The Labute approximate surface area is 124 Å². The standard InChI is InChI=1S/C10H12BrClN2O4S/c1-14-9(15)2-3-18-10-7(12)4-6(11)5-8(10)19(13,16)17/h4-5H,2-3H2,1H3,(H,14,15)(H2,13,16,17). The van der Waals surface area contributed by atoms with E-state index in [0.717, 1.165) is 0 Å². The Kier molecular flexibility index (Phi) is 5.60. The molecule has 0 saturated heterocycles. The largest absolute Gasteiger partial charge is 0.490 e. The van der Waals surface area contributed by atoms with Gasteiger partial charge in [-0.1, -0.05) is 27.5 Å². The zero-order valence-corrected chi connectivity index (χ0v) is 13.1. The lowest BCUT2D eigenvalue weighted by atomic mass is 10.3. The topological polar surface area (TPSA) is 98.5 Å². The summed E-state index contributed by atoms with van der Waals surface area (Å²) in [7, 11) is -2.48. The highest BCUT2D eigenvalue weighted by atomic mass is 79.9. The van der Waals surface area contributed by atoms with Gasteiger partial charge in [-0.05, 0) is 12.1 Å². The van der Waals surface area contributed by atoms with Crippen molar-refractivity contribution in [3.8, 4) is 5.75 Å². The first-order chi connectivity index (χ1) is 8.75. The Balaban J connectivity index is 3.03. The maximum Gasteiger partial charge on any atom is 0.241 e. The summed E-state index contributed by atoms with van der Waals surface area (Å²) < 4.78 is 28.6. The van der Waals surface area contributed by atoms with Gasteiger partial charge in [0.2, 0.25) is 15.9 Å². The molecule has 0 aliphatic carbocycles. The fourth-order valence-electron chi connectivity index (χ4n) is 1.26. The third-order valence-electron chi connectivity index (χ3n) is 2.14. The molecule has 3 N–H and O–H groups in total. The Morgan fingerprint density at radius 3 is 2.68 bits per heavy atom. The first-order valence-corrected chi connectivity index (χ1v) is 7.82. The van der Waals surface area contributed by atoms with Crippen LogP contribution in [-0.2, 0) is 14.8 Å². The van der Waals surface area contributed by atoms with Crippen LogP contribution in [0, 0.1) is 0 Å². The van der Waals surface area contributed by atoms with E-state index in [1.165, 1.54) is 19.2 Å². The predicted molar refractivity (Wildman–Crippen MR) is 74.7 cm³/mol. The molecule has 1 aromatic carbocycles. The van der Waals surface area contributed by atoms with E-state index in [2.05, 4.69) is 21.2 Å². The van der Waals surface area contributed by atoms with Crippen molar-refractivity contribution < 1.29 is 17.9 Å². The van der Waals surface area contributed by atoms with Crippen LogP contribution in [0.2, 0.25) is 5.02 Å². The molecule has 1 amide bonds. The van der Waals surface area contributed by atoms with Gasteiger partial charge in [-0.3, -0.25) is 4.79 Å². The lowest BCUT2D eigenvalue weighted by molar-refractivity contribution is -0.121. The van der Waals surface area contributed by atoms with Gasteiger partial charge in [0.05, 0.1) is 18.1 Å². The number of sulfonamides is 1. The van der Waals surface area contributed by atoms with Gasteiger partial charge in [-0.2, -0.15) is 0 Å². The lowest BCUT2D eigenvalue weighted by Crippen LogP contribution is -2.21. The molecule has 0 heterocycles. The number of halogens is 2. The average Bonchev–Trinajstić information content (AvgIpc) is 2.29. The Hall–Kier alpha value is -0.830. The summed E-state index contributed by atoms with van der Waals surface area (Å²) >= 11 is 9.03. The van der Waals surface area contributed by atoms with Crippen molar-refractivity contribution in [2.75, 3.05) is 13.7 Å². The van der Waals surface area contributed by atoms with Crippen molar-refractivity contribution in [2.45, 2.75) is 11.3 Å². The van der Waals surface area contributed by atoms with Crippen molar-refractivity contribution in [1.82, 2.24) is 5.32 Å². The Morgan fingerprint density at radius 2 is 2.16 bits per heavy atom. The number of rotatable bonds is 5. The molecule has 0 atom stereocenters. The summed E-state index contributed by atoms with van der Waals surface area (Å²) in [6.45, 7) is -0.0104. The maximum absolute atomic E-state index is 11.5. The van der Waals surface area contributed by atoms with Gasteiger partial charge in [0, 0.05) is 11.5 Å². The number of hydrogen-bond acceptors (Lipinski definition) is 4. The second-order valence-electron chi connectivity index (χ2n) is 3.53. The molecule has 0 aromatic heterocycles. The molecule has 0 spiro atoms. The quantitative estimate of drug-likeness (QED) is 0.814. The van der Waals surface area contributed by atoms with Crippen LogP contribution in [-0.4, -0.2) is 28.0 Å². The summed E-state index contributed by atoms with van der Waals surface area (Å²) in [5.74, 6) is -0.290. The second-order valence-corrected chi connectivity index (χ2v) is 6.38. The number of carbonyl (C=O) groups is 1. The van der Waals surface area contributed by atoms with Crippen LogP contribution in [0.4, 0.5) is 0 Å². The molecule has 0 bridgehead atoms. The fraction of sp³-hybridized carbons (Fsp3) is 0.300. The minimum absolute atomic E-state index is 0.0104. The molecular weight excluding hydrogens is 360 g/mol. The Bertz CT molecular complexity index is 591. The first-order valence-electron chi connectivity index (χ1n) is 5.11. The van der Waals surface area contributed by atoms with E-state index in [4.69, 9.17) is 21.5 Å². The van der Waals surface area contributed by atoms with Crippen molar-refractivity contribution in [3.63, 3.8) is 0 Å². The molecule has 19 heavy (non-hydrogen) atoms. The van der Waals surface area contributed by atoms with E-state index in [1.54, 1.807) is 0 Å². The summed E-state index contributed by atoms with van der Waals surface area (Å²) in [4.78, 5) is 10.8. The SMILES string of the molecule is CNC(=O)CCOc1c(Cl)cc(Br)cc1S(N)(=O)=O. The molecular formula is C10H12BrClN2O4S. The van der Waals surface area contributed by atoms with Crippen LogP contribution >= 0.6 is 27.5 Å². The number of ether oxygens (including phenoxy) is 1. The summed E-state index contributed by atoms with van der Waals surface area (Å²) in [6, 6.07) is 2.77. The molecule has 6 nitrogen and oxygen atoms in total. The van der Waals surface area contributed by atoms with E-state index in [0.29, 0.717) is 4.47 Å². The minimum atomic E-state index is -3.97. The number of nitrogens with one attached hydrogen (secondary N) is 1. The monoisotopic (exact) mass is 370 g/mol. The third kappa shape index (κ3) is 4.64. The van der Waals surface area contributed by atoms with Gasteiger partial charge in [0.15, 0.2) is 5.75 Å². The first kappa shape index (κ1) is 16.2. The van der Waals surface area contributed by atoms with E-state index in [9.17, 15) is 13.2 Å². The smallest absolute Gasteiger partial charge is 0.241 e. The van der Waals surface area contributed by atoms with Crippen LogP contribution in [0.3, 0.4) is 0 Å². The molecule has 106 valence electrons.